The SMILES string of the molecule is CC(CC(=O)Cc1csc2ccccc12)C(C)(C)C. The maximum atomic E-state index is 12.2. The molecule has 1 heterocycles. The Hall–Kier alpha value is -1.15. The first-order valence-electron chi connectivity index (χ1n) is 6.84. The van der Waals surface area contributed by atoms with Crippen molar-refractivity contribution >= 4 is 27.2 Å². The van der Waals surface area contributed by atoms with Crippen LogP contribution in [0.2, 0.25) is 0 Å². The van der Waals surface area contributed by atoms with Crippen LogP contribution in [-0.4, -0.2) is 5.78 Å². The van der Waals surface area contributed by atoms with Crippen molar-refractivity contribution in [1.82, 2.24) is 0 Å². The summed E-state index contributed by atoms with van der Waals surface area (Å²) in [4.78, 5) is 12.2. The van der Waals surface area contributed by atoms with Crippen molar-refractivity contribution in [3.63, 3.8) is 0 Å². The minimum absolute atomic E-state index is 0.201. The molecule has 2 heteroatoms. The maximum absolute atomic E-state index is 12.2. The topological polar surface area (TPSA) is 17.1 Å². The summed E-state index contributed by atoms with van der Waals surface area (Å²) in [5, 5.41) is 3.37. The van der Waals surface area contributed by atoms with E-state index in [1.54, 1.807) is 11.3 Å². The number of carbonyl (C=O) groups excluding carboxylic acids is 1. The normalized spacial score (nSPS) is 13.7. The second-order valence-electron chi connectivity index (χ2n) is 6.44. The number of ketones is 1. The van der Waals surface area contributed by atoms with Crippen molar-refractivity contribution in [2.75, 3.05) is 0 Å². The standard InChI is InChI=1S/C17H22OS/c1-12(17(2,3)4)9-14(18)10-13-11-19-16-8-6-5-7-15(13)16/h5-8,11-12H,9-10H2,1-4H3. The van der Waals surface area contributed by atoms with Gasteiger partial charge >= 0.3 is 0 Å². The predicted octanol–water partition coefficient (Wildman–Crippen LogP) is 5.09. The average molecular weight is 274 g/mol. The molecule has 19 heavy (non-hydrogen) atoms. The number of hydrogen-bond donors (Lipinski definition) is 0. The van der Waals surface area contributed by atoms with E-state index in [-0.39, 0.29) is 5.41 Å². The number of hydrogen-bond acceptors (Lipinski definition) is 2. The third kappa shape index (κ3) is 3.44. The van der Waals surface area contributed by atoms with Crippen LogP contribution in [0.1, 0.15) is 39.7 Å². The zero-order valence-electron chi connectivity index (χ0n) is 12.2. The van der Waals surface area contributed by atoms with Gasteiger partial charge in [-0.3, -0.25) is 4.79 Å². The van der Waals surface area contributed by atoms with Crippen LogP contribution >= 0.6 is 11.3 Å². The third-order valence-corrected chi connectivity index (χ3v) is 4.97. The molecule has 0 saturated heterocycles. The summed E-state index contributed by atoms with van der Waals surface area (Å²) in [7, 11) is 0. The Labute approximate surface area is 119 Å². The van der Waals surface area contributed by atoms with Crippen LogP contribution < -0.4 is 0 Å². The van der Waals surface area contributed by atoms with Gasteiger partial charge in [-0.25, -0.2) is 0 Å². The first kappa shape index (κ1) is 14.3. The Bertz CT molecular complexity index is 574. The Kier molecular flexibility index (Phi) is 4.10. The highest BCUT2D eigenvalue weighted by Crippen LogP contribution is 2.30. The van der Waals surface area contributed by atoms with Crippen molar-refractivity contribution in [2.24, 2.45) is 11.3 Å². The number of benzene rings is 1. The molecule has 1 aromatic carbocycles. The molecule has 0 N–H and O–H groups in total. The molecule has 0 spiro atoms. The highest BCUT2D eigenvalue weighted by Gasteiger charge is 2.22. The fourth-order valence-electron chi connectivity index (χ4n) is 2.10. The molecule has 0 fully saturated rings. The minimum Gasteiger partial charge on any atom is -0.299 e. The first-order chi connectivity index (χ1) is 8.88. The van der Waals surface area contributed by atoms with Gasteiger partial charge < -0.3 is 0 Å². The largest absolute Gasteiger partial charge is 0.299 e. The smallest absolute Gasteiger partial charge is 0.137 e. The quantitative estimate of drug-likeness (QED) is 0.759. The molecule has 2 aromatic rings. The van der Waals surface area contributed by atoms with E-state index in [1.165, 1.54) is 15.6 Å². The van der Waals surface area contributed by atoms with Crippen LogP contribution in [0.3, 0.4) is 0 Å². The van der Waals surface area contributed by atoms with Gasteiger partial charge in [0, 0.05) is 17.5 Å². The van der Waals surface area contributed by atoms with E-state index in [4.69, 9.17) is 0 Å². The number of Topliss-reactive ketones (excluding diaryl/α,β-unsaturated/α-hetero) is 1. The Morgan fingerprint density at radius 2 is 1.95 bits per heavy atom. The van der Waals surface area contributed by atoms with E-state index < -0.39 is 0 Å². The molecule has 0 amide bonds. The lowest BCUT2D eigenvalue weighted by molar-refractivity contribution is -0.119. The van der Waals surface area contributed by atoms with Gasteiger partial charge in [-0.1, -0.05) is 45.9 Å². The molecule has 0 aliphatic heterocycles. The van der Waals surface area contributed by atoms with E-state index >= 15 is 0 Å². The highest BCUT2D eigenvalue weighted by atomic mass is 32.1. The number of fused-ring (bicyclic) bond motifs is 1. The summed E-state index contributed by atoms with van der Waals surface area (Å²) in [6.45, 7) is 8.77. The molecular weight excluding hydrogens is 252 g/mol. The van der Waals surface area contributed by atoms with E-state index in [0.29, 0.717) is 24.5 Å². The van der Waals surface area contributed by atoms with Crippen molar-refractivity contribution < 1.29 is 4.79 Å². The summed E-state index contributed by atoms with van der Waals surface area (Å²) in [5.74, 6) is 0.774. The van der Waals surface area contributed by atoms with Crippen LogP contribution in [0, 0.1) is 11.3 Å². The van der Waals surface area contributed by atoms with Crippen LogP contribution in [0.5, 0.6) is 0 Å². The van der Waals surface area contributed by atoms with Crippen molar-refractivity contribution in [2.45, 2.75) is 40.5 Å². The Morgan fingerprint density at radius 3 is 2.63 bits per heavy atom. The van der Waals surface area contributed by atoms with Gasteiger partial charge in [-0.2, -0.15) is 0 Å². The Balaban J connectivity index is 2.07. The van der Waals surface area contributed by atoms with Gasteiger partial charge in [-0.15, -0.1) is 11.3 Å². The van der Waals surface area contributed by atoms with Crippen molar-refractivity contribution in [1.29, 1.82) is 0 Å². The van der Waals surface area contributed by atoms with Gasteiger partial charge in [0.25, 0.3) is 0 Å². The fourth-order valence-corrected chi connectivity index (χ4v) is 3.06. The van der Waals surface area contributed by atoms with Gasteiger partial charge in [0.2, 0.25) is 0 Å². The summed E-state index contributed by atoms with van der Waals surface area (Å²) < 4.78 is 1.27. The van der Waals surface area contributed by atoms with Crippen LogP contribution in [0.15, 0.2) is 29.6 Å². The van der Waals surface area contributed by atoms with Crippen LogP contribution in [-0.2, 0) is 11.2 Å². The second-order valence-corrected chi connectivity index (χ2v) is 7.35. The zero-order valence-corrected chi connectivity index (χ0v) is 13.0. The molecule has 0 aliphatic carbocycles. The summed E-state index contributed by atoms with van der Waals surface area (Å²) in [6.07, 6.45) is 1.25. The number of rotatable bonds is 4. The number of thiophene rings is 1. The molecule has 0 aliphatic rings. The fraction of sp³-hybridized carbons (Fsp3) is 0.471. The molecule has 0 saturated carbocycles. The van der Waals surface area contributed by atoms with E-state index in [1.807, 2.05) is 12.1 Å². The molecule has 1 aromatic heterocycles. The molecule has 1 nitrogen and oxygen atoms in total. The Morgan fingerprint density at radius 1 is 1.26 bits per heavy atom. The van der Waals surface area contributed by atoms with Gasteiger partial charge in [0.05, 0.1) is 0 Å². The van der Waals surface area contributed by atoms with Crippen molar-refractivity contribution in [3.8, 4) is 0 Å². The lowest BCUT2D eigenvalue weighted by Crippen LogP contribution is -2.21. The van der Waals surface area contributed by atoms with Crippen molar-refractivity contribution in [3.05, 3.63) is 35.2 Å². The molecular formula is C17H22OS. The lowest BCUT2D eigenvalue weighted by Gasteiger charge is -2.26. The monoisotopic (exact) mass is 274 g/mol. The van der Waals surface area contributed by atoms with E-state index in [2.05, 4.69) is 45.2 Å². The molecule has 2 rings (SSSR count). The molecule has 0 radical (unpaired) electrons. The molecule has 0 bridgehead atoms. The zero-order chi connectivity index (χ0) is 14.0. The second kappa shape index (κ2) is 5.46. The van der Waals surface area contributed by atoms with Crippen LogP contribution in [0.25, 0.3) is 10.1 Å². The highest BCUT2D eigenvalue weighted by molar-refractivity contribution is 7.17. The van der Waals surface area contributed by atoms with E-state index in [0.717, 1.165) is 0 Å². The average Bonchev–Trinajstić information content (AvgIpc) is 2.71. The summed E-state index contributed by atoms with van der Waals surface area (Å²) in [6, 6.07) is 8.32. The first-order valence-corrected chi connectivity index (χ1v) is 7.72. The maximum Gasteiger partial charge on any atom is 0.137 e. The van der Waals surface area contributed by atoms with Gasteiger partial charge in [0.1, 0.15) is 5.78 Å². The summed E-state index contributed by atoms with van der Waals surface area (Å²) in [5.41, 5.74) is 1.39. The summed E-state index contributed by atoms with van der Waals surface area (Å²) >= 11 is 1.73. The minimum atomic E-state index is 0.201. The predicted molar refractivity (Wildman–Crippen MR) is 83.8 cm³/mol. The third-order valence-electron chi connectivity index (χ3n) is 3.96. The molecule has 1 unspecified atom stereocenters. The van der Waals surface area contributed by atoms with Crippen LogP contribution in [0.4, 0.5) is 0 Å². The molecule has 1 atom stereocenters. The van der Waals surface area contributed by atoms with Gasteiger partial charge in [-0.05, 0) is 33.7 Å². The lowest BCUT2D eigenvalue weighted by atomic mass is 9.79. The van der Waals surface area contributed by atoms with E-state index in [9.17, 15) is 4.79 Å². The number of carbonyl (C=O) groups is 1. The molecule has 102 valence electrons. The van der Waals surface area contributed by atoms with Gasteiger partial charge in [0.15, 0.2) is 0 Å².